The molecule has 0 radical (unpaired) electrons. The number of aromatic nitrogens is 5. The van der Waals surface area contributed by atoms with Crippen LogP contribution in [0.25, 0.3) is 11.3 Å². The highest BCUT2D eigenvalue weighted by molar-refractivity contribution is 7.13. The van der Waals surface area contributed by atoms with Crippen molar-refractivity contribution in [3.63, 3.8) is 0 Å². The maximum Gasteiger partial charge on any atom is 0.308 e. The molecule has 10 heteroatoms. The van der Waals surface area contributed by atoms with E-state index in [1.165, 1.54) is 11.3 Å². The molecule has 4 aromatic rings. The molecule has 0 aliphatic rings. The second kappa shape index (κ2) is 11.2. The Balaban J connectivity index is 1.40. The van der Waals surface area contributed by atoms with Gasteiger partial charge in [0.05, 0.1) is 39.9 Å². The van der Waals surface area contributed by atoms with Crippen molar-refractivity contribution in [2.24, 2.45) is 5.92 Å². The van der Waals surface area contributed by atoms with E-state index in [9.17, 15) is 9.59 Å². The molecule has 38 heavy (non-hydrogen) atoms. The summed E-state index contributed by atoms with van der Waals surface area (Å²) in [4.78, 5) is 37.9. The fraction of sp³-hybridized carbons (Fsp3) is 0.357. The average molecular weight is 533 g/mol. The molecule has 4 rings (SSSR count). The number of aliphatic carboxylic acids is 1. The first-order valence-electron chi connectivity index (χ1n) is 12.4. The molecule has 0 bridgehead atoms. The quantitative estimate of drug-likeness (QED) is 0.250. The fourth-order valence-corrected chi connectivity index (χ4v) is 4.79. The maximum absolute atomic E-state index is 12.7. The number of benzene rings is 1. The highest BCUT2D eigenvalue weighted by atomic mass is 32.1. The number of ketones is 1. The molecule has 0 aliphatic heterocycles. The Morgan fingerprint density at radius 3 is 2.63 bits per heavy atom. The van der Waals surface area contributed by atoms with Crippen molar-refractivity contribution in [3.8, 4) is 11.3 Å². The third-order valence-corrected chi connectivity index (χ3v) is 7.57. The van der Waals surface area contributed by atoms with E-state index in [1.807, 2.05) is 25.1 Å². The number of Topliss-reactive ketones (excluding diaryl/α,β-unsaturated/α-hetero) is 1. The van der Waals surface area contributed by atoms with Gasteiger partial charge in [0.1, 0.15) is 0 Å². The van der Waals surface area contributed by atoms with Crippen LogP contribution in [0, 0.1) is 12.8 Å². The lowest BCUT2D eigenvalue weighted by Gasteiger charge is -2.13. The predicted octanol–water partition coefficient (Wildman–Crippen LogP) is 5.68. The minimum atomic E-state index is -0.867. The van der Waals surface area contributed by atoms with Gasteiger partial charge in [-0.05, 0) is 36.6 Å². The number of rotatable bonds is 10. The van der Waals surface area contributed by atoms with Gasteiger partial charge in [-0.15, -0.1) is 11.3 Å². The first-order valence-corrected chi connectivity index (χ1v) is 13.3. The summed E-state index contributed by atoms with van der Waals surface area (Å²) in [5, 5.41) is 17.4. The fourth-order valence-electron chi connectivity index (χ4n) is 3.85. The molecule has 0 unspecified atom stereocenters. The van der Waals surface area contributed by atoms with Gasteiger partial charge in [0.15, 0.2) is 5.78 Å². The molecular weight excluding hydrogens is 500 g/mol. The van der Waals surface area contributed by atoms with Crippen molar-refractivity contribution in [2.75, 3.05) is 5.32 Å². The zero-order valence-corrected chi connectivity index (χ0v) is 23.0. The standard InChI is InChI=1S/C28H32N6O3S/c1-17-12-20(7-6-19(17)8-9-23(35)24-14-30-26(38-24)28(3,4)5)22-10-11-29-27(33-22)32-21-13-31-34(16-21)15-18(2)25(36)37/h6-7,10-14,16,18H,8-9,15H2,1-5H3,(H,36,37)(H,29,32,33)/t18-/m0/s1. The zero-order chi connectivity index (χ0) is 27.4. The molecule has 1 aromatic carbocycles. The lowest BCUT2D eigenvalue weighted by molar-refractivity contribution is -0.141. The van der Waals surface area contributed by atoms with Gasteiger partial charge in [-0.2, -0.15) is 5.10 Å². The monoisotopic (exact) mass is 532 g/mol. The minimum absolute atomic E-state index is 0.0609. The van der Waals surface area contributed by atoms with E-state index in [2.05, 4.69) is 52.2 Å². The number of anilines is 2. The van der Waals surface area contributed by atoms with Crippen LogP contribution in [0.3, 0.4) is 0 Å². The SMILES string of the molecule is Cc1cc(-c2ccnc(Nc3cnn(C[C@H](C)C(=O)O)c3)n2)ccc1CCC(=O)c1cnc(C(C)(C)C)s1. The molecule has 0 saturated carbocycles. The predicted molar refractivity (Wildman–Crippen MR) is 148 cm³/mol. The van der Waals surface area contributed by atoms with Crippen molar-refractivity contribution in [2.45, 2.75) is 59.4 Å². The third kappa shape index (κ3) is 6.69. The number of nitrogens with zero attached hydrogens (tertiary/aromatic N) is 5. The van der Waals surface area contributed by atoms with E-state index < -0.39 is 11.9 Å². The zero-order valence-electron chi connectivity index (χ0n) is 22.2. The van der Waals surface area contributed by atoms with E-state index in [1.54, 1.807) is 36.4 Å². The minimum Gasteiger partial charge on any atom is -0.481 e. The molecule has 0 saturated heterocycles. The van der Waals surface area contributed by atoms with Gasteiger partial charge in [0.25, 0.3) is 0 Å². The van der Waals surface area contributed by atoms with E-state index in [-0.39, 0.29) is 17.7 Å². The van der Waals surface area contributed by atoms with Crippen molar-refractivity contribution in [3.05, 3.63) is 70.1 Å². The topological polar surface area (TPSA) is 123 Å². The van der Waals surface area contributed by atoms with Gasteiger partial charge in [-0.3, -0.25) is 14.3 Å². The Hall–Kier alpha value is -3.92. The normalized spacial score (nSPS) is 12.3. The highest BCUT2D eigenvalue weighted by Gasteiger charge is 2.20. The molecule has 1 atom stereocenters. The van der Waals surface area contributed by atoms with Gasteiger partial charge in [-0.1, -0.05) is 39.8 Å². The van der Waals surface area contributed by atoms with Gasteiger partial charge < -0.3 is 10.4 Å². The van der Waals surface area contributed by atoms with Crippen molar-refractivity contribution >= 4 is 34.7 Å². The summed E-state index contributed by atoms with van der Waals surface area (Å²) in [5.41, 5.74) is 4.54. The van der Waals surface area contributed by atoms with Crippen LogP contribution in [-0.4, -0.2) is 41.6 Å². The smallest absolute Gasteiger partial charge is 0.308 e. The molecular formula is C28H32N6O3S. The Morgan fingerprint density at radius 1 is 1.16 bits per heavy atom. The Bertz CT molecular complexity index is 1450. The molecule has 0 fully saturated rings. The van der Waals surface area contributed by atoms with Crippen LogP contribution in [0.4, 0.5) is 11.6 Å². The second-order valence-corrected chi connectivity index (χ2v) is 11.5. The van der Waals surface area contributed by atoms with Crippen LogP contribution >= 0.6 is 11.3 Å². The highest BCUT2D eigenvalue weighted by Crippen LogP contribution is 2.28. The largest absolute Gasteiger partial charge is 0.481 e. The summed E-state index contributed by atoms with van der Waals surface area (Å²) in [5.74, 6) is -0.872. The van der Waals surface area contributed by atoms with E-state index in [0.717, 1.165) is 27.4 Å². The Kier molecular flexibility index (Phi) is 8.01. The number of thiazole rings is 1. The summed E-state index contributed by atoms with van der Waals surface area (Å²) in [6.07, 6.45) is 7.82. The average Bonchev–Trinajstić information content (AvgIpc) is 3.53. The van der Waals surface area contributed by atoms with Crippen LogP contribution in [0.1, 0.15) is 59.9 Å². The van der Waals surface area contributed by atoms with E-state index >= 15 is 0 Å². The first-order chi connectivity index (χ1) is 18.0. The van der Waals surface area contributed by atoms with Crippen LogP contribution in [-0.2, 0) is 23.2 Å². The number of carbonyl (C=O) groups is 2. The lowest BCUT2D eigenvalue weighted by Crippen LogP contribution is -2.16. The number of carboxylic acid groups (broad SMARTS) is 1. The number of carbonyl (C=O) groups excluding carboxylic acids is 1. The Morgan fingerprint density at radius 2 is 1.95 bits per heavy atom. The molecule has 2 N–H and O–H groups in total. The van der Waals surface area contributed by atoms with Crippen LogP contribution < -0.4 is 5.32 Å². The number of hydrogen-bond donors (Lipinski definition) is 2. The van der Waals surface area contributed by atoms with Crippen LogP contribution in [0.15, 0.2) is 49.1 Å². The van der Waals surface area contributed by atoms with Gasteiger partial charge >= 0.3 is 5.97 Å². The molecule has 3 aromatic heterocycles. The third-order valence-electron chi connectivity index (χ3n) is 6.11. The number of carboxylic acids is 1. The van der Waals surface area contributed by atoms with Gasteiger partial charge in [0.2, 0.25) is 5.95 Å². The van der Waals surface area contributed by atoms with E-state index in [0.29, 0.717) is 29.4 Å². The summed E-state index contributed by atoms with van der Waals surface area (Å²) in [6, 6.07) is 7.97. The van der Waals surface area contributed by atoms with Crippen LogP contribution in [0.5, 0.6) is 0 Å². The number of aryl methyl sites for hydroxylation is 2. The maximum atomic E-state index is 12.7. The summed E-state index contributed by atoms with van der Waals surface area (Å²) in [7, 11) is 0. The van der Waals surface area contributed by atoms with Gasteiger partial charge in [0, 0.05) is 36.0 Å². The van der Waals surface area contributed by atoms with Crippen molar-refractivity contribution in [1.82, 2.24) is 24.7 Å². The summed E-state index contributed by atoms with van der Waals surface area (Å²) >= 11 is 1.48. The number of hydrogen-bond acceptors (Lipinski definition) is 8. The molecule has 0 spiro atoms. The van der Waals surface area contributed by atoms with Gasteiger partial charge in [-0.25, -0.2) is 15.0 Å². The van der Waals surface area contributed by atoms with Crippen molar-refractivity contribution in [1.29, 1.82) is 0 Å². The van der Waals surface area contributed by atoms with Crippen molar-refractivity contribution < 1.29 is 14.7 Å². The number of nitrogens with one attached hydrogen (secondary N) is 1. The molecule has 0 amide bonds. The summed E-state index contributed by atoms with van der Waals surface area (Å²) < 4.78 is 1.58. The molecule has 9 nitrogen and oxygen atoms in total. The lowest BCUT2D eigenvalue weighted by atomic mass is 9.98. The second-order valence-electron chi connectivity index (χ2n) is 10.4. The summed E-state index contributed by atoms with van der Waals surface area (Å²) in [6.45, 7) is 10.2. The van der Waals surface area contributed by atoms with E-state index in [4.69, 9.17) is 5.11 Å². The molecule has 3 heterocycles. The molecule has 0 aliphatic carbocycles. The Labute approximate surface area is 226 Å². The van der Waals surface area contributed by atoms with Crippen LogP contribution in [0.2, 0.25) is 0 Å². The molecule has 198 valence electrons. The first kappa shape index (κ1) is 27.1.